The Morgan fingerprint density at radius 1 is 1.48 bits per heavy atom. The molecule has 0 radical (unpaired) electrons. The summed E-state index contributed by atoms with van der Waals surface area (Å²) >= 11 is 0. The minimum Gasteiger partial charge on any atom is -0.392 e. The maximum atomic E-state index is 12.3. The predicted molar refractivity (Wildman–Crippen MR) is 83.3 cm³/mol. The first-order valence-corrected chi connectivity index (χ1v) is 7.60. The Morgan fingerprint density at radius 3 is 2.67 bits per heavy atom. The number of rotatable bonds is 5. The average Bonchev–Trinajstić information content (AvgIpc) is 2.48. The molecule has 1 aliphatic rings. The average molecular weight is 291 g/mol. The van der Waals surface area contributed by atoms with E-state index in [4.69, 9.17) is 0 Å². The van der Waals surface area contributed by atoms with Gasteiger partial charge in [-0.05, 0) is 32.4 Å². The fourth-order valence-corrected chi connectivity index (χ4v) is 2.66. The molecule has 1 aromatic heterocycles. The first kappa shape index (κ1) is 15.8. The van der Waals surface area contributed by atoms with E-state index in [0.29, 0.717) is 18.8 Å². The molecule has 1 saturated carbocycles. The summed E-state index contributed by atoms with van der Waals surface area (Å²) in [6.45, 7) is 9.36. The summed E-state index contributed by atoms with van der Waals surface area (Å²) in [6, 6.07) is 3.87. The van der Waals surface area contributed by atoms with Gasteiger partial charge in [0, 0.05) is 36.4 Å². The molecule has 2 unspecified atom stereocenters. The van der Waals surface area contributed by atoms with Gasteiger partial charge in [-0.2, -0.15) is 0 Å². The zero-order valence-electron chi connectivity index (χ0n) is 13.3. The molecule has 1 fully saturated rings. The Hall–Kier alpha value is -1.62. The molecule has 0 aromatic carbocycles. The van der Waals surface area contributed by atoms with Crippen molar-refractivity contribution in [1.82, 2.24) is 9.88 Å². The van der Waals surface area contributed by atoms with Crippen LogP contribution in [0, 0.1) is 5.41 Å². The smallest absolute Gasteiger partial charge is 0.272 e. The summed E-state index contributed by atoms with van der Waals surface area (Å²) in [5, 5.41) is 13.2. The molecule has 0 saturated heterocycles. The number of hydrogen-bond acceptors (Lipinski definition) is 4. The van der Waals surface area contributed by atoms with Crippen molar-refractivity contribution < 1.29 is 9.90 Å². The Balaban J connectivity index is 2.10. The van der Waals surface area contributed by atoms with E-state index in [9.17, 15) is 9.90 Å². The summed E-state index contributed by atoms with van der Waals surface area (Å²) in [6.07, 6.45) is 2.11. The Labute approximate surface area is 126 Å². The number of aliphatic hydroxyl groups excluding tert-OH is 1. The summed E-state index contributed by atoms with van der Waals surface area (Å²) in [5.41, 5.74) is 1.19. The molecule has 1 aromatic rings. The second-order valence-electron chi connectivity index (χ2n) is 6.18. The first-order valence-electron chi connectivity index (χ1n) is 7.60. The molecular weight excluding hydrogens is 266 g/mol. The van der Waals surface area contributed by atoms with Crippen LogP contribution >= 0.6 is 0 Å². The van der Waals surface area contributed by atoms with Crippen molar-refractivity contribution in [2.45, 2.75) is 46.3 Å². The third kappa shape index (κ3) is 3.02. The standard InChI is InChI=1S/C16H25N3O2/c1-5-19(6-2)15(21)12-9-11(7-8-17-12)18-13-10-14(20)16(13,3)4/h7-9,13-14,20H,5-6,10H2,1-4H3,(H,17,18). The van der Waals surface area contributed by atoms with E-state index in [-0.39, 0.29) is 23.5 Å². The number of hydrogen-bond donors (Lipinski definition) is 2. The highest BCUT2D eigenvalue weighted by molar-refractivity contribution is 5.93. The van der Waals surface area contributed by atoms with E-state index >= 15 is 0 Å². The topological polar surface area (TPSA) is 65.5 Å². The van der Waals surface area contributed by atoms with E-state index in [1.807, 2.05) is 33.8 Å². The van der Waals surface area contributed by atoms with Gasteiger partial charge in [0.25, 0.3) is 5.91 Å². The fourth-order valence-electron chi connectivity index (χ4n) is 2.66. The summed E-state index contributed by atoms with van der Waals surface area (Å²) in [7, 11) is 0. The third-order valence-electron chi connectivity index (χ3n) is 4.59. The van der Waals surface area contributed by atoms with Crippen molar-refractivity contribution >= 4 is 11.6 Å². The number of carbonyl (C=O) groups is 1. The number of amides is 1. The SMILES string of the molecule is CCN(CC)C(=O)c1cc(NC2CC(O)C2(C)C)ccn1. The van der Waals surface area contributed by atoms with Gasteiger partial charge in [-0.25, -0.2) is 0 Å². The zero-order chi connectivity index (χ0) is 15.6. The molecule has 1 heterocycles. The Bertz CT molecular complexity index is 512. The van der Waals surface area contributed by atoms with Crippen molar-refractivity contribution in [3.63, 3.8) is 0 Å². The zero-order valence-corrected chi connectivity index (χ0v) is 13.3. The molecule has 2 rings (SSSR count). The lowest BCUT2D eigenvalue weighted by atomic mass is 9.64. The summed E-state index contributed by atoms with van der Waals surface area (Å²) in [5.74, 6) is -0.0449. The van der Waals surface area contributed by atoms with Crippen LogP contribution in [0.1, 0.15) is 44.6 Å². The summed E-state index contributed by atoms with van der Waals surface area (Å²) < 4.78 is 0. The maximum absolute atomic E-state index is 12.3. The van der Waals surface area contributed by atoms with E-state index in [1.165, 1.54) is 0 Å². The number of nitrogens with zero attached hydrogens (tertiary/aromatic N) is 2. The van der Waals surface area contributed by atoms with Gasteiger partial charge >= 0.3 is 0 Å². The van der Waals surface area contributed by atoms with Crippen molar-refractivity contribution in [2.24, 2.45) is 5.41 Å². The van der Waals surface area contributed by atoms with Gasteiger partial charge in [-0.1, -0.05) is 13.8 Å². The van der Waals surface area contributed by atoms with Crippen LogP contribution in [0.2, 0.25) is 0 Å². The number of anilines is 1. The number of aromatic nitrogens is 1. The fraction of sp³-hybridized carbons (Fsp3) is 0.625. The monoisotopic (exact) mass is 291 g/mol. The maximum Gasteiger partial charge on any atom is 0.272 e. The molecule has 116 valence electrons. The highest BCUT2D eigenvalue weighted by Crippen LogP contribution is 2.42. The predicted octanol–water partition coefficient (Wildman–Crippen LogP) is 2.13. The second-order valence-corrected chi connectivity index (χ2v) is 6.18. The molecule has 5 heteroatoms. The molecule has 2 atom stereocenters. The highest BCUT2D eigenvalue weighted by atomic mass is 16.3. The van der Waals surface area contributed by atoms with Crippen LogP contribution in [-0.2, 0) is 0 Å². The lowest BCUT2D eigenvalue weighted by Crippen LogP contribution is -2.56. The van der Waals surface area contributed by atoms with Crippen LogP contribution in [0.5, 0.6) is 0 Å². The molecule has 1 aliphatic carbocycles. The number of aliphatic hydroxyl groups is 1. The van der Waals surface area contributed by atoms with E-state index in [0.717, 1.165) is 12.1 Å². The van der Waals surface area contributed by atoms with Crippen LogP contribution in [0.15, 0.2) is 18.3 Å². The number of pyridine rings is 1. The van der Waals surface area contributed by atoms with Crippen LogP contribution in [0.3, 0.4) is 0 Å². The van der Waals surface area contributed by atoms with Gasteiger partial charge in [0.1, 0.15) is 5.69 Å². The van der Waals surface area contributed by atoms with Crippen molar-refractivity contribution in [3.05, 3.63) is 24.0 Å². The first-order chi connectivity index (χ1) is 9.90. The number of carbonyl (C=O) groups excluding carboxylic acids is 1. The van der Waals surface area contributed by atoms with Gasteiger partial charge in [-0.15, -0.1) is 0 Å². The largest absolute Gasteiger partial charge is 0.392 e. The molecule has 0 aliphatic heterocycles. The molecule has 5 nitrogen and oxygen atoms in total. The summed E-state index contributed by atoms with van der Waals surface area (Å²) in [4.78, 5) is 18.2. The van der Waals surface area contributed by atoms with E-state index in [1.54, 1.807) is 17.2 Å². The molecule has 21 heavy (non-hydrogen) atoms. The Kier molecular flexibility index (Phi) is 4.52. The van der Waals surface area contributed by atoms with E-state index < -0.39 is 0 Å². The Morgan fingerprint density at radius 2 is 2.14 bits per heavy atom. The third-order valence-corrected chi connectivity index (χ3v) is 4.59. The van der Waals surface area contributed by atoms with Crippen LogP contribution in [0.4, 0.5) is 5.69 Å². The highest BCUT2D eigenvalue weighted by Gasteiger charge is 2.47. The van der Waals surface area contributed by atoms with Gasteiger partial charge in [-0.3, -0.25) is 9.78 Å². The normalized spacial score (nSPS) is 23.3. The van der Waals surface area contributed by atoms with Crippen molar-refractivity contribution in [2.75, 3.05) is 18.4 Å². The minimum absolute atomic E-state index is 0.0449. The number of nitrogens with one attached hydrogen (secondary N) is 1. The molecule has 1 amide bonds. The second kappa shape index (κ2) is 6.02. The van der Waals surface area contributed by atoms with Gasteiger partial charge in [0.05, 0.1) is 6.10 Å². The van der Waals surface area contributed by atoms with Crippen molar-refractivity contribution in [1.29, 1.82) is 0 Å². The van der Waals surface area contributed by atoms with Crippen LogP contribution in [-0.4, -0.2) is 46.1 Å². The van der Waals surface area contributed by atoms with Crippen LogP contribution in [0.25, 0.3) is 0 Å². The molecule has 2 N–H and O–H groups in total. The quantitative estimate of drug-likeness (QED) is 0.872. The minimum atomic E-state index is -0.270. The molecule has 0 spiro atoms. The van der Waals surface area contributed by atoms with Gasteiger partial charge < -0.3 is 15.3 Å². The lowest BCUT2D eigenvalue weighted by molar-refractivity contribution is -0.0510. The van der Waals surface area contributed by atoms with E-state index in [2.05, 4.69) is 10.3 Å². The molecule has 0 bridgehead atoms. The van der Waals surface area contributed by atoms with Gasteiger partial charge in [0.2, 0.25) is 0 Å². The molecular formula is C16H25N3O2. The van der Waals surface area contributed by atoms with Crippen molar-refractivity contribution in [3.8, 4) is 0 Å². The lowest BCUT2D eigenvalue weighted by Gasteiger charge is -2.49. The van der Waals surface area contributed by atoms with Gasteiger partial charge in [0.15, 0.2) is 0 Å². The van der Waals surface area contributed by atoms with Crippen LogP contribution < -0.4 is 5.32 Å².